The van der Waals surface area contributed by atoms with Gasteiger partial charge in [-0.1, -0.05) is 6.08 Å². The van der Waals surface area contributed by atoms with E-state index in [9.17, 15) is 4.79 Å². The largest absolute Gasteiger partial charge is 0.462 e. The van der Waals surface area contributed by atoms with Crippen LogP contribution in [0.15, 0.2) is 11.6 Å². The molecular formula is C11H20O4. The van der Waals surface area contributed by atoms with Crippen LogP contribution in [0.25, 0.3) is 0 Å². The molecule has 88 valence electrons. The molecule has 0 aromatic rings. The van der Waals surface area contributed by atoms with Gasteiger partial charge in [-0.05, 0) is 19.8 Å². The number of aliphatic hydroxyl groups excluding tert-OH is 1. The SMILES string of the molecule is COCCCOC(=O)C(C)=CCCCO. The molecule has 0 atom stereocenters. The van der Waals surface area contributed by atoms with E-state index < -0.39 is 0 Å². The van der Waals surface area contributed by atoms with Crippen molar-refractivity contribution in [1.29, 1.82) is 0 Å². The first-order chi connectivity index (χ1) is 7.22. The van der Waals surface area contributed by atoms with Crippen LogP contribution < -0.4 is 0 Å². The van der Waals surface area contributed by atoms with E-state index in [4.69, 9.17) is 14.6 Å². The van der Waals surface area contributed by atoms with Crippen molar-refractivity contribution in [1.82, 2.24) is 0 Å². The Morgan fingerprint density at radius 2 is 2.07 bits per heavy atom. The third kappa shape index (κ3) is 8.15. The fraction of sp³-hybridized carbons (Fsp3) is 0.727. The molecule has 0 radical (unpaired) electrons. The molecular weight excluding hydrogens is 196 g/mol. The third-order valence-corrected chi connectivity index (χ3v) is 1.86. The molecule has 0 aromatic carbocycles. The van der Waals surface area contributed by atoms with E-state index in [1.165, 1.54) is 0 Å². The van der Waals surface area contributed by atoms with Gasteiger partial charge in [0.15, 0.2) is 0 Å². The first kappa shape index (κ1) is 14.1. The van der Waals surface area contributed by atoms with Gasteiger partial charge in [-0.25, -0.2) is 4.79 Å². The monoisotopic (exact) mass is 216 g/mol. The molecule has 4 heteroatoms. The van der Waals surface area contributed by atoms with Crippen molar-refractivity contribution in [3.63, 3.8) is 0 Å². The van der Waals surface area contributed by atoms with Crippen LogP contribution in [-0.2, 0) is 14.3 Å². The van der Waals surface area contributed by atoms with Gasteiger partial charge >= 0.3 is 5.97 Å². The maximum Gasteiger partial charge on any atom is 0.333 e. The van der Waals surface area contributed by atoms with Crippen molar-refractivity contribution >= 4 is 5.97 Å². The lowest BCUT2D eigenvalue weighted by atomic mass is 10.2. The van der Waals surface area contributed by atoms with Gasteiger partial charge in [0.05, 0.1) is 6.61 Å². The number of rotatable bonds is 8. The van der Waals surface area contributed by atoms with E-state index >= 15 is 0 Å². The summed E-state index contributed by atoms with van der Waals surface area (Å²) in [5, 5.41) is 8.56. The smallest absolute Gasteiger partial charge is 0.333 e. The molecule has 0 aliphatic heterocycles. The number of hydrogen-bond acceptors (Lipinski definition) is 4. The van der Waals surface area contributed by atoms with Gasteiger partial charge < -0.3 is 14.6 Å². The van der Waals surface area contributed by atoms with E-state index in [0.717, 1.165) is 0 Å². The van der Waals surface area contributed by atoms with Crippen LogP contribution in [0.1, 0.15) is 26.2 Å². The normalized spacial score (nSPS) is 11.5. The number of hydrogen-bond donors (Lipinski definition) is 1. The lowest BCUT2D eigenvalue weighted by Crippen LogP contribution is -2.08. The number of ether oxygens (including phenoxy) is 2. The number of aliphatic hydroxyl groups is 1. The number of carbonyl (C=O) groups is 1. The molecule has 0 bridgehead atoms. The number of unbranched alkanes of at least 4 members (excludes halogenated alkanes) is 1. The number of allylic oxidation sites excluding steroid dienone is 1. The molecule has 0 saturated heterocycles. The Morgan fingerprint density at radius 3 is 2.67 bits per heavy atom. The zero-order valence-electron chi connectivity index (χ0n) is 9.49. The first-order valence-corrected chi connectivity index (χ1v) is 5.16. The summed E-state index contributed by atoms with van der Waals surface area (Å²) in [7, 11) is 1.61. The quantitative estimate of drug-likeness (QED) is 0.377. The van der Waals surface area contributed by atoms with Gasteiger partial charge in [-0.3, -0.25) is 0 Å². The molecule has 15 heavy (non-hydrogen) atoms. The van der Waals surface area contributed by atoms with Gasteiger partial charge in [-0.2, -0.15) is 0 Å². The Labute approximate surface area is 90.9 Å². The van der Waals surface area contributed by atoms with E-state index in [1.807, 2.05) is 0 Å². The molecule has 4 nitrogen and oxygen atoms in total. The van der Waals surface area contributed by atoms with Crippen LogP contribution >= 0.6 is 0 Å². The Kier molecular flexibility index (Phi) is 9.11. The summed E-state index contributed by atoms with van der Waals surface area (Å²) in [5.74, 6) is -0.288. The van der Waals surface area contributed by atoms with E-state index in [1.54, 1.807) is 20.1 Å². The fourth-order valence-electron chi connectivity index (χ4n) is 0.975. The van der Waals surface area contributed by atoms with Crippen LogP contribution in [0.5, 0.6) is 0 Å². The molecule has 0 aromatic heterocycles. The molecule has 0 rings (SSSR count). The lowest BCUT2D eigenvalue weighted by Gasteiger charge is -2.04. The first-order valence-electron chi connectivity index (χ1n) is 5.16. The molecule has 0 aliphatic rings. The molecule has 0 unspecified atom stereocenters. The van der Waals surface area contributed by atoms with Crippen molar-refractivity contribution in [2.45, 2.75) is 26.2 Å². The highest BCUT2D eigenvalue weighted by Crippen LogP contribution is 2.01. The van der Waals surface area contributed by atoms with Crippen LogP contribution in [-0.4, -0.2) is 38.0 Å². The molecule has 1 N–H and O–H groups in total. The summed E-state index contributed by atoms with van der Waals surface area (Å²) in [5.41, 5.74) is 0.598. The van der Waals surface area contributed by atoms with Crippen LogP contribution in [0.4, 0.5) is 0 Å². The topological polar surface area (TPSA) is 55.8 Å². The van der Waals surface area contributed by atoms with Crippen molar-refractivity contribution in [3.05, 3.63) is 11.6 Å². The predicted molar refractivity (Wildman–Crippen MR) is 57.5 cm³/mol. The number of carbonyl (C=O) groups excluding carboxylic acids is 1. The minimum Gasteiger partial charge on any atom is -0.462 e. The van der Waals surface area contributed by atoms with Crippen LogP contribution in [0.3, 0.4) is 0 Å². The zero-order chi connectivity index (χ0) is 11.5. The van der Waals surface area contributed by atoms with Crippen LogP contribution in [0, 0.1) is 0 Å². The maximum atomic E-state index is 11.3. The zero-order valence-corrected chi connectivity index (χ0v) is 9.49. The highest BCUT2D eigenvalue weighted by molar-refractivity contribution is 5.87. The second kappa shape index (κ2) is 9.68. The average Bonchev–Trinajstić information content (AvgIpc) is 2.24. The Balaban J connectivity index is 3.63. The second-order valence-corrected chi connectivity index (χ2v) is 3.24. The highest BCUT2D eigenvalue weighted by Gasteiger charge is 2.04. The van der Waals surface area contributed by atoms with Crippen molar-refractivity contribution < 1.29 is 19.4 Å². The van der Waals surface area contributed by atoms with E-state index in [2.05, 4.69) is 0 Å². The number of esters is 1. The summed E-state index contributed by atoms with van der Waals surface area (Å²) in [6.07, 6.45) is 3.88. The van der Waals surface area contributed by atoms with Crippen LogP contribution in [0.2, 0.25) is 0 Å². The van der Waals surface area contributed by atoms with E-state index in [-0.39, 0.29) is 12.6 Å². The summed E-state index contributed by atoms with van der Waals surface area (Å²) < 4.78 is 9.82. The Morgan fingerprint density at radius 1 is 1.33 bits per heavy atom. The van der Waals surface area contributed by atoms with Gasteiger partial charge in [0.25, 0.3) is 0 Å². The molecule has 0 amide bonds. The van der Waals surface area contributed by atoms with Crippen molar-refractivity contribution in [2.24, 2.45) is 0 Å². The minimum atomic E-state index is -0.288. The van der Waals surface area contributed by atoms with Gasteiger partial charge in [0.1, 0.15) is 0 Å². The van der Waals surface area contributed by atoms with E-state index in [0.29, 0.717) is 38.0 Å². The van der Waals surface area contributed by atoms with Gasteiger partial charge in [0.2, 0.25) is 0 Å². The van der Waals surface area contributed by atoms with Gasteiger partial charge in [-0.15, -0.1) is 0 Å². The molecule has 0 spiro atoms. The summed E-state index contributed by atoms with van der Waals surface area (Å²) in [6.45, 7) is 2.85. The molecule has 0 saturated carbocycles. The second-order valence-electron chi connectivity index (χ2n) is 3.24. The summed E-state index contributed by atoms with van der Waals surface area (Å²) >= 11 is 0. The maximum absolute atomic E-state index is 11.3. The molecule has 0 fully saturated rings. The highest BCUT2D eigenvalue weighted by atomic mass is 16.5. The molecule has 0 aliphatic carbocycles. The fourth-order valence-corrected chi connectivity index (χ4v) is 0.975. The van der Waals surface area contributed by atoms with Crippen molar-refractivity contribution in [2.75, 3.05) is 26.9 Å². The Bertz CT molecular complexity index is 199. The lowest BCUT2D eigenvalue weighted by molar-refractivity contribution is -0.139. The van der Waals surface area contributed by atoms with Gasteiger partial charge in [0, 0.05) is 32.3 Å². The summed E-state index contributed by atoms with van der Waals surface area (Å²) in [6, 6.07) is 0. The summed E-state index contributed by atoms with van der Waals surface area (Å²) in [4.78, 5) is 11.3. The number of methoxy groups -OCH3 is 1. The average molecular weight is 216 g/mol. The Hall–Kier alpha value is -0.870. The minimum absolute atomic E-state index is 0.146. The third-order valence-electron chi connectivity index (χ3n) is 1.86. The standard InChI is InChI=1S/C11H20O4/c1-10(6-3-4-7-12)11(13)15-9-5-8-14-2/h6,12H,3-5,7-9H2,1-2H3. The molecule has 0 heterocycles. The predicted octanol–water partition coefficient (Wildman–Crippen LogP) is 1.28. The van der Waals surface area contributed by atoms with Crippen molar-refractivity contribution in [3.8, 4) is 0 Å².